The van der Waals surface area contributed by atoms with Crippen LogP contribution in [0.3, 0.4) is 0 Å². The van der Waals surface area contributed by atoms with Gasteiger partial charge < -0.3 is 20.1 Å². The quantitative estimate of drug-likeness (QED) is 0.245. The number of amides is 2. The molecule has 3 aromatic carbocycles. The lowest BCUT2D eigenvalue weighted by Crippen LogP contribution is -2.49. The van der Waals surface area contributed by atoms with Crippen molar-refractivity contribution in [1.29, 1.82) is 0 Å². The largest absolute Gasteiger partial charge is 0.497 e. The van der Waals surface area contributed by atoms with Crippen LogP contribution in [0.25, 0.3) is 0 Å². The first-order valence-corrected chi connectivity index (χ1v) is 11.1. The highest BCUT2D eigenvalue weighted by Crippen LogP contribution is 2.37. The SMILES string of the molecule is COc1ccc(C(=O)C2=C(C(F)(F)F)NC(=O)NC2c2ccc(OC(=O)c3ccc(Cl)cc3)cc2)cc1. The number of alkyl halides is 3. The Kier molecular flexibility index (Phi) is 7.21. The van der Waals surface area contributed by atoms with Crippen molar-refractivity contribution in [1.82, 2.24) is 10.6 Å². The lowest BCUT2D eigenvalue weighted by molar-refractivity contribution is -0.0972. The van der Waals surface area contributed by atoms with Gasteiger partial charge in [0, 0.05) is 10.6 Å². The summed E-state index contributed by atoms with van der Waals surface area (Å²) in [5, 5.41) is 4.54. The molecule has 37 heavy (non-hydrogen) atoms. The highest BCUT2D eigenvalue weighted by Gasteiger charge is 2.45. The topological polar surface area (TPSA) is 93.7 Å². The van der Waals surface area contributed by atoms with E-state index in [1.807, 2.05) is 0 Å². The number of benzene rings is 3. The Morgan fingerprint density at radius 2 is 1.43 bits per heavy atom. The van der Waals surface area contributed by atoms with Crippen LogP contribution in [-0.2, 0) is 0 Å². The first kappa shape index (κ1) is 25.8. The van der Waals surface area contributed by atoms with Crippen molar-refractivity contribution >= 4 is 29.4 Å². The summed E-state index contributed by atoms with van der Waals surface area (Å²) < 4.78 is 52.0. The fourth-order valence-electron chi connectivity index (χ4n) is 3.66. The van der Waals surface area contributed by atoms with Gasteiger partial charge in [0.2, 0.25) is 0 Å². The number of nitrogens with one attached hydrogen (secondary N) is 2. The minimum Gasteiger partial charge on any atom is -0.497 e. The van der Waals surface area contributed by atoms with Crippen LogP contribution in [0.2, 0.25) is 5.02 Å². The predicted molar refractivity (Wildman–Crippen MR) is 128 cm³/mol. The number of hydrogen-bond donors (Lipinski definition) is 2. The molecular weight excluding hydrogens is 513 g/mol. The molecule has 0 aliphatic carbocycles. The van der Waals surface area contributed by atoms with E-state index in [4.69, 9.17) is 21.1 Å². The molecule has 0 spiro atoms. The van der Waals surface area contributed by atoms with Gasteiger partial charge in [-0.1, -0.05) is 23.7 Å². The molecule has 0 fully saturated rings. The molecule has 1 unspecified atom stereocenters. The van der Waals surface area contributed by atoms with Crippen LogP contribution in [0.4, 0.5) is 18.0 Å². The minimum atomic E-state index is -5.01. The van der Waals surface area contributed by atoms with Gasteiger partial charge in [0.15, 0.2) is 5.78 Å². The second kappa shape index (κ2) is 10.4. The number of ketones is 1. The zero-order valence-corrected chi connectivity index (χ0v) is 19.8. The van der Waals surface area contributed by atoms with Crippen molar-refractivity contribution in [2.75, 3.05) is 7.11 Å². The molecule has 11 heteroatoms. The van der Waals surface area contributed by atoms with Gasteiger partial charge in [-0.05, 0) is 66.2 Å². The van der Waals surface area contributed by atoms with Gasteiger partial charge in [0.25, 0.3) is 0 Å². The summed E-state index contributed by atoms with van der Waals surface area (Å²) in [6.45, 7) is 0. The zero-order valence-electron chi connectivity index (χ0n) is 19.1. The number of urea groups is 1. The summed E-state index contributed by atoms with van der Waals surface area (Å²) in [5.41, 5.74) is -1.78. The molecule has 190 valence electrons. The maximum atomic E-state index is 13.9. The highest BCUT2D eigenvalue weighted by molar-refractivity contribution is 6.30. The number of esters is 1. The van der Waals surface area contributed by atoms with Gasteiger partial charge in [0.1, 0.15) is 17.2 Å². The third-order valence-corrected chi connectivity index (χ3v) is 5.71. The number of halogens is 4. The smallest absolute Gasteiger partial charge is 0.431 e. The molecule has 1 atom stereocenters. The Balaban J connectivity index is 1.67. The predicted octanol–water partition coefficient (Wildman–Crippen LogP) is 5.62. The van der Waals surface area contributed by atoms with E-state index in [9.17, 15) is 27.6 Å². The van der Waals surface area contributed by atoms with Crippen molar-refractivity contribution in [3.05, 3.63) is 106 Å². The van der Waals surface area contributed by atoms with Gasteiger partial charge in [-0.2, -0.15) is 13.2 Å². The molecular formula is C26H18ClF3N2O5. The number of hydrogen-bond acceptors (Lipinski definition) is 5. The molecule has 0 saturated carbocycles. The van der Waals surface area contributed by atoms with Crippen molar-refractivity contribution in [3.8, 4) is 11.5 Å². The summed E-state index contributed by atoms with van der Waals surface area (Å²) in [4.78, 5) is 37.7. The molecule has 1 aliphatic heterocycles. The Labute approximate surface area is 213 Å². The Morgan fingerprint density at radius 1 is 0.865 bits per heavy atom. The number of methoxy groups -OCH3 is 1. The van der Waals surface area contributed by atoms with Crippen LogP contribution in [0.5, 0.6) is 11.5 Å². The molecule has 2 amide bonds. The fraction of sp³-hybridized carbons (Fsp3) is 0.115. The van der Waals surface area contributed by atoms with Crippen LogP contribution in [0, 0.1) is 0 Å². The summed E-state index contributed by atoms with van der Waals surface area (Å²) in [7, 11) is 1.41. The fourth-order valence-corrected chi connectivity index (χ4v) is 3.79. The molecule has 4 rings (SSSR count). The molecule has 0 radical (unpaired) electrons. The maximum absolute atomic E-state index is 13.9. The lowest BCUT2D eigenvalue weighted by atomic mass is 9.89. The average Bonchev–Trinajstić information content (AvgIpc) is 2.88. The number of allylic oxidation sites excluding steroid dienone is 1. The first-order valence-electron chi connectivity index (χ1n) is 10.7. The van der Waals surface area contributed by atoms with E-state index in [1.54, 1.807) is 5.32 Å². The Bertz CT molecular complexity index is 1370. The molecule has 2 N–H and O–H groups in total. The zero-order chi connectivity index (χ0) is 26.7. The second-order valence-electron chi connectivity index (χ2n) is 7.84. The average molecular weight is 531 g/mol. The molecule has 1 heterocycles. The normalized spacial score (nSPS) is 15.5. The lowest BCUT2D eigenvalue weighted by Gasteiger charge is -2.30. The number of carbonyl (C=O) groups is 3. The molecule has 0 aromatic heterocycles. The van der Waals surface area contributed by atoms with Gasteiger partial charge in [-0.15, -0.1) is 0 Å². The van der Waals surface area contributed by atoms with E-state index in [0.717, 1.165) is 0 Å². The summed E-state index contributed by atoms with van der Waals surface area (Å²) in [6, 6.07) is 14.4. The van der Waals surface area contributed by atoms with Crippen LogP contribution in [0.1, 0.15) is 32.3 Å². The standard InChI is InChI=1S/C26H18ClF3N2O5/c1-36-18-10-6-15(7-11-18)22(33)20-21(31-25(35)32-23(20)26(28,29)30)14-4-12-19(13-5-14)37-24(34)16-2-8-17(27)9-3-16/h2-13,21H,1H3,(H2,31,32,35). The monoisotopic (exact) mass is 530 g/mol. The molecule has 0 bridgehead atoms. The van der Waals surface area contributed by atoms with Crippen molar-refractivity contribution in [2.45, 2.75) is 12.2 Å². The number of rotatable bonds is 6. The third-order valence-electron chi connectivity index (χ3n) is 5.46. The maximum Gasteiger partial charge on any atom is 0.431 e. The van der Waals surface area contributed by atoms with Crippen molar-refractivity contribution < 1.29 is 37.0 Å². The highest BCUT2D eigenvalue weighted by atomic mass is 35.5. The van der Waals surface area contributed by atoms with Gasteiger partial charge in [0.05, 0.1) is 24.3 Å². The third kappa shape index (κ3) is 5.75. The van der Waals surface area contributed by atoms with E-state index in [-0.39, 0.29) is 22.4 Å². The van der Waals surface area contributed by atoms with E-state index in [2.05, 4.69) is 5.32 Å². The van der Waals surface area contributed by atoms with Crippen molar-refractivity contribution in [2.24, 2.45) is 0 Å². The van der Waals surface area contributed by atoms with Gasteiger partial charge >= 0.3 is 18.2 Å². The number of carbonyl (C=O) groups excluding carboxylic acids is 3. The Hall–Kier alpha value is -4.31. The van der Waals surface area contributed by atoms with Crippen LogP contribution in [-0.4, -0.2) is 31.1 Å². The van der Waals surface area contributed by atoms with E-state index >= 15 is 0 Å². The van der Waals surface area contributed by atoms with E-state index in [0.29, 0.717) is 10.8 Å². The second-order valence-corrected chi connectivity index (χ2v) is 8.28. The number of Topliss-reactive ketones (excluding diaryl/α,β-unsaturated/α-hetero) is 1. The molecule has 0 saturated heterocycles. The van der Waals surface area contributed by atoms with Crippen LogP contribution >= 0.6 is 11.6 Å². The van der Waals surface area contributed by atoms with Crippen LogP contribution in [0.15, 0.2) is 84.1 Å². The molecule has 1 aliphatic rings. The number of ether oxygens (including phenoxy) is 2. The van der Waals surface area contributed by atoms with Crippen LogP contribution < -0.4 is 20.1 Å². The molecule has 7 nitrogen and oxygen atoms in total. The van der Waals surface area contributed by atoms with E-state index in [1.165, 1.54) is 79.9 Å². The van der Waals surface area contributed by atoms with Gasteiger partial charge in [-0.3, -0.25) is 4.79 Å². The Morgan fingerprint density at radius 3 is 2.00 bits per heavy atom. The summed E-state index contributed by atoms with van der Waals surface area (Å²) in [6.07, 6.45) is -5.01. The molecule has 3 aromatic rings. The summed E-state index contributed by atoms with van der Waals surface area (Å²) >= 11 is 5.81. The minimum absolute atomic E-state index is 0.0333. The van der Waals surface area contributed by atoms with Gasteiger partial charge in [-0.25, -0.2) is 9.59 Å². The van der Waals surface area contributed by atoms with E-state index < -0.39 is 41.3 Å². The van der Waals surface area contributed by atoms with Crippen molar-refractivity contribution in [3.63, 3.8) is 0 Å². The first-order chi connectivity index (χ1) is 17.6. The summed E-state index contributed by atoms with van der Waals surface area (Å²) in [5.74, 6) is -1.09.